The predicted octanol–water partition coefficient (Wildman–Crippen LogP) is 1.91. The van der Waals surface area contributed by atoms with Crippen molar-refractivity contribution in [1.29, 1.82) is 0 Å². The SMILES string of the molecule is C=C(CNC)COc1cccc(N(C)C)c1. The third-order valence-corrected chi connectivity index (χ3v) is 2.20. The molecule has 0 amide bonds. The van der Waals surface area contributed by atoms with E-state index in [4.69, 9.17) is 4.74 Å². The molecule has 3 heteroatoms. The van der Waals surface area contributed by atoms with Gasteiger partial charge in [0.15, 0.2) is 0 Å². The van der Waals surface area contributed by atoms with Gasteiger partial charge in [0.1, 0.15) is 12.4 Å². The van der Waals surface area contributed by atoms with Gasteiger partial charge < -0.3 is 15.0 Å². The Morgan fingerprint density at radius 2 is 2.19 bits per heavy atom. The van der Waals surface area contributed by atoms with E-state index in [1.165, 1.54) is 0 Å². The monoisotopic (exact) mass is 220 g/mol. The van der Waals surface area contributed by atoms with E-state index >= 15 is 0 Å². The average molecular weight is 220 g/mol. The number of rotatable bonds is 6. The molecule has 0 atom stereocenters. The minimum absolute atomic E-state index is 0.553. The van der Waals surface area contributed by atoms with E-state index in [9.17, 15) is 0 Å². The van der Waals surface area contributed by atoms with E-state index < -0.39 is 0 Å². The Labute approximate surface area is 97.7 Å². The predicted molar refractivity (Wildman–Crippen MR) is 69.3 cm³/mol. The second-order valence-electron chi connectivity index (χ2n) is 3.96. The normalized spacial score (nSPS) is 9.94. The first-order valence-corrected chi connectivity index (χ1v) is 5.35. The number of benzene rings is 1. The largest absolute Gasteiger partial charge is 0.489 e. The Kier molecular flexibility index (Phi) is 4.86. The Morgan fingerprint density at radius 1 is 1.44 bits per heavy atom. The van der Waals surface area contributed by atoms with Crippen LogP contribution in [0.4, 0.5) is 5.69 Å². The first-order chi connectivity index (χ1) is 7.63. The van der Waals surface area contributed by atoms with Crippen LogP contribution in [0.3, 0.4) is 0 Å². The highest BCUT2D eigenvalue weighted by Crippen LogP contribution is 2.19. The van der Waals surface area contributed by atoms with Gasteiger partial charge in [0.25, 0.3) is 0 Å². The lowest BCUT2D eigenvalue weighted by Crippen LogP contribution is -2.14. The van der Waals surface area contributed by atoms with Gasteiger partial charge in [0, 0.05) is 32.4 Å². The molecule has 1 aromatic carbocycles. The van der Waals surface area contributed by atoms with Crippen LogP contribution in [-0.4, -0.2) is 34.3 Å². The van der Waals surface area contributed by atoms with Gasteiger partial charge in [-0.2, -0.15) is 0 Å². The maximum atomic E-state index is 5.64. The molecule has 0 saturated heterocycles. The molecular weight excluding hydrogens is 200 g/mol. The van der Waals surface area contributed by atoms with Crippen LogP contribution in [0.25, 0.3) is 0 Å². The molecule has 0 aliphatic heterocycles. The molecule has 0 aliphatic rings. The smallest absolute Gasteiger partial charge is 0.121 e. The molecule has 88 valence electrons. The van der Waals surface area contributed by atoms with Gasteiger partial charge in [-0.3, -0.25) is 0 Å². The first-order valence-electron chi connectivity index (χ1n) is 5.35. The fourth-order valence-corrected chi connectivity index (χ4v) is 1.34. The number of nitrogens with one attached hydrogen (secondary N) is 1. The highest BCUT2D eigenvalue weighted by Gasteiger charge is 1.99. The van der Waals surface area contributed by atoms with Crippen LogP contribution < -0.4 is 15.0 Å². The van der Waals surface area contributed by atoms with Gasteiger partial charge >= 0.3 is 0 Å². The third-order valence-electron chi connectivity index (χ3n) is 2.20. The highest BCUT2D eigenvalue weighted by molar-refractivity contribution is 5.49. The lowest BCUT2D eigenvalue weighted by atomic mass is 10.3. The summed E-state index contributed by atoms with van der Waals surface area (Å²) in [6.07, 6.45) is 0. The van der Waals surface area contributed by atoms with Gasteiger partial charge in [0.05, 0.1) is 0 Å². The average Bonchev–Trinajstić information content (AvgIpc) is 2.27. The summed E-state index contributed by atoms with van der Waals surface area (Å²) in [4.78, 5) is 2.05. The van der Waals surface area contributed by atoms with Crippen LogP contribution in [0.1, 0.15) is 0 Å². The van der Waals surface area contributed by atoms with E-state index in [-0.39, 0.29) is 0 Å². The van der Waals surface area contributed by atoms with Gasteiger partial charge in [0.2, 0.25) is 0 Å². The first kappa shape index (κ1) is 12.6. The lowest BCUT2D eigenvalue weighted by molar-refractivity contribution is 0.349. The summed E-state index contributed by atoms with van der Waals surface area (Å²) in [5.74, 6) is 0.878. The zero-order valence-corrected chi connectivity index (χ0v) is 10.3. The van der Waals surface area contributed by atoms with E-state index in [0.717, 1.165) is 23.6 Å². The lowest BCUT2D eigenvalue weighted by Gasteiger charge is -2.14. The number of nitrogens with zero attached hydrogens (tertiary/aromatic N) is 1. The van der Waals surface area contributed by atoms with E-state index in [1.54, 1.807) is 0 Å². The molecule has 1 rings (SSSR count). The summed E-state index contributed by atoms with van der Waals surface area (Å²) in [5, 5.41) is 3.05. The molecule has 0 aromatic heterocycles. The standard InChI is InChI=1S/C13H20N2O/c1-11(9-14-2)10-16-13-7-5-6-12(8-13)15(3)4/h5-8,14H,1,9-10H2,2-4H3. The Bertz CT molecular complexity index is 348. The van der Waals surface area contributed by atoms with Gasteiger partial charge in [-0.05, 0) is 24.8 Å². The quantitative estimate of drug-likeness (QED) is 0.741. The fraction of sp³-hybridized carbons (Fsp3) is 0.385. The third kappa shape index (κ3) is 3.95. The van der Waals surface area contributed by atoms with Crippen molar-refractivity contribution in [3.8, 4) is 5.75 Å². The van der Waals surface area contributed by atoms with Crippen LogP contribution in [0.15, 0.2) is 36.4 Å². The summed E-state index contributed by atoms with van der Waals surface area (Å²) in [6, 6.07) is 8.02. The molecule has 0 aliphatic carbocycles. The van der Waals surface area contributed by atoms with Gasteiger partial charge in [-0.1, -0.05) is 12.6 Å². The molecule has 0 saturated carbocycles. The second-order valence-corrected chi connectivity index (χ2v) is 3.96. The van der Waals surface area contributed by atoms with Crippen LogP contribution in [0, 0.1) is 0 Å². The molecular formula is C13H20N2O. The number of anilines is 1. The van der Waals surface area contributed by atoms with Crippen molar-refractivity contribution in [3.63, 3.8) is 0 Å². The minimum Gasteiger partial charge on any atom is -0.489 e. The summed E-state index contributed by atoms with van der Waals surface area (Å²) in [7, 11) is 5.93. The van der Waals surface area contributed by atoms with Crippen molar-refractivity contribution in [2.24, 2.45) is 0 Å². The van der Waals surface area contributed by atoms with E-state index in [0.29, 0.717) is 6.61 Å². The molecule has 1 aromatic rings. The van der Waals surface area contributed by atoms with Crippen molar-refractivity contribution in [2.45, 2.75) is 0 Å². The fourth-order valence-electron chi connectivity index (χ4n) is 1.34. The van der Waals surface area contributed by atoms with E-state index in [1.807, 2.05) is 39.3 Å². The Hall–Kier alpha value is -1.48. The second kappa shape index (κ2) is 6.18. The van der Waals surface area contributed by atoms with Crippen molar-refractivity contribution < 1.29 is 4.74 Å². The van der Waals surface area contributed by atoms with Gasteiger partial charge in [-0.25, -0.2) is 0 Å². The Balaban J connectivity index is 2.54. The molecule has 0 unspecified atom stereocenters. The molecule has 0 bridgehead atoms. The summed E-state index contributed by atoms with van der Waals surface area (Å²) in [5.41, 5.74) is 2.18. The van der Waals surface area contributed by atoms with Crippen LogP contribution in [0.2, 0.25) is 0 Å². The van der Waals surface area contributed by atoms with Crippen molar-refractivity contribution in [3.05, 3.63) is 36.4 Å². The van der Waals surface area contributed by atoms with Crippen LogP contribution >= 0.6 is 0 Å². The number of ether oxygens (including phenoxy) is 1. The van der Waals surface area contributed by atoms with Crippen LogP contribution in [-0.2, 0) is 0 Å². The molecule has 0 radical (unpaired) electrons. The summed E-state index contributed by atoms with van der Waals surface area (Å²) in [6.45, 7) is 5.26. The number of hydrogen-bond donors (Lipinski definition) is 1. The molecule has 3 nitrogen and oxygen atoms in total. The molecule has 0 fully saturated rings. The van der Waals surface area contributed by atoms with Gasteiger partial charge in [-0.15, -0.1) is 0 Å². The van der Waals surface area contributed by atoms with Crippen molar-refractivity contribution in [2.75, 3.05) is 39.2 Å². The maximum Gasteiger partial charge on any atom is 0.121 e. The maximum absolute atomic E-state index is 5.64. The molecule has 0 heterocycles. The molecule has 0 spiro atoms. The molecule has 16 heavy (non-hydrogen) atoms. The van der Waals surface area contributed by atoms with Crippen molar-refractivity contribution >= 4 is 5.69 Å². The highest BCUT2D eigenvalue weighted by atomic mass is 16.5. The zero-order chi connectivity index (χ0) is 12.0. The summed E-state index contributed by atoms with van der Waals surface area (Å²) < 4.78 is 5.64. The van der Waals surface area contributed by atoms with Crippen LogP contribution in [0.5, 0.6) is 5.75 Å². The summed E-state index contributed by atoms with van der Waals surface area (Å²) >= 11 is 0. The number of hydrogen-bond acceptors (Lipinski definition) is 3. The molecule has 1 N–H and O–H groups in total. The van der Waals surface area contributed by atoms with E-state index in [2.05, 4.69) is 22.9 Å². The minimum atomic E-state index is 0.553. The number of likely N-dealkylation sites (N-methyl/N-ethyl adjacent to an activating group) is 1. The Morgan fingerprint density at radius 3 is 2.81 bits per heavy atom. The van der Waals surface area contributed by atoms with Crippen molar-refractivity contribution in [1.82, 2.24) is 5.32 Å². The topological polar surface area (TPSA) is 24.5 Å². The zero-order valence-electron chi connectivity index (χ0n) is 10.3.